The maximum Gasteiger partial charge on any atom is 0.407 e. The number of ether oxygens (including phenoxy) is 1. The molecule has 1 aromatic heterocycles. The number of rotatable bonds is 5. The first-order valence-electron chi connectivity index (χ1n) is 9.58. The van der Waals surface area contributed by atoms with Crippen LogP contribution in [-0.4, -0.2) is 29.1 Å². The molecular formula is C23H24ClN3O3. The van der Waals surface area contributed by atoms with Crippen LogP contribution in [0.1, 0.15) is 32.3 Å². The van der Waals surface area contributed by atoms with Gasteiger partial charge in [0.1, 0.15) is 5.60 Å². The number of alkyl carbamates (subject to hydrolysis) is 1. The minimum Gasteiger partial charge on any atom is -0.444 e. The van der Waals surface area contributed by atoms with Crippen molar-refractivity contribution in [1.82, 2.24) is 10.3 Å². The van der Waals surface area contributed by atoms with Gasteiger partial charge in [0.25, 0.3) is 0 Å². The molecule has 2 aromatic carbocycles. The van der Waals surface area contributed by atoms with Crippen molar-refractivity contribution in [2.24, 2.45) is 0 Å². The van der Waals surface area contributed by atoms with Crippen molar-refractivity contribution in [3.05, 3.63) is 71.5 Å². The Morgan fingerprint density at radius 1 is 1.07 bits per heavy atom. The summed E-state index contributed by atoms with van der Waals surface area (Å²) in [4.78, 5) is 29.3. The van der Waals surface area contributed by atoms with Crippen LogP contribution in [-0.2, 0) is 9.53 Å². The van der Waals surface area contributed by atoms with E-state index >= 15 is 0 Å². The number of hydrogen-bond acceptors (Lipinski definition) is 4. The Labute approximate surface area is 180 Å². The normalized spacial score (nSPS) is 12.3. The molecule has 0 fully saturated rings. The highest BCUT2D eigenvalue weighted by Gasteiger charge is 2.23. The van der Waals surface area contributed by atoms with Gasteiger partial charge in [-0.05, 0) is 62.1 Å². The van der Waals surface area contributed by atoms with Gasteiger partial charge in [0.05, 0.1) is 5.92 Å². The van der Waals surface area contributed by atoms with Crippen molar-refractivity contribution in [2.45, 2.75) is 32.3 Å². The Hall–Kier alpha value is -3.12. The molecule has 0 saturated heterocycles. The molecule has 6 nitrogen and oxygen atoms in total. The standard InChI is InChI=1S/C23H24ClN3O3/c1-23(2,3)30-22(29)26-14-20(15-4-7-18(24)8-5-15)21(28)27-19-9-6-17-13-25-11-10-16(17)12-19/h4-13,20H,14H2,1-3H3,(H,26,29)(H,27,28). The van der Waals surface area contributed by atoms with Gasteiger partial charge in [-0.3, -0.25) is 9.78 Å². The van der Waals surface area contributed by atoms with Crippen LogP contribution < -0.4 is 10.6 Å². The van der Waals surface area contributed by atoms with Gasteiger partial charge >= 0.3 is 6.09 Å². The molecule has 0 aliphatic rings. The maximum absolute atomic E-state index is 13.1. The minimum absolute atomic E-state index is 0.0832. The van der Waals surface area contributed by atoms with E-state index in [2.05, 4.69) is 15.6 Å². The number of hydrogen-bond donors (Lipinski definition) is 2. The van der Waals surface area contributed by atoms with Crippen molar-refractivity contribution in [3.8, 4) is 0 Å². The summed E-state index contributed by atoms with van der Waals surface area (Å²) in [5.41, 5.74) is 0.773. The van der Waals surface area contributed by atoms with Crippen LogP contribution in [0, 0.1) is 0 Å². The van der Waals surface area contributed by atoms with Crippen molar-refractivity contribution in [2.75, 3.05) is 11.9 Å². The van der Waals surface area contributed by atoms with Gasteiger partial charge < -0.3 is 15.4 Å². The first-order chi connectivity index (χ1) is 14.2. The van der Waals surface area contributed by atoms with Gasteiger partial charge in [-0.15, -0.1) is 0 Å². The number of nitrogens with one attached hydrogen (secondary N) is 2. The van der Waals surface area contributed by atoms with Gasteiger partial charge in [0, 0.05) is 35.0 Å². The number of fused-ring (bicyclic) bond motifs is 1. The molecule has 0 bridgehead atoms. The van der Waals surface area contributed by atoms with Crippen LogP contribution in [0.25, 0.3) is 10.8 Å². The fourth-order valence-electron chi connectivity index (χ4n) is 2.95. The number of nitrogens with zero attached hydrogens (tertiary/aromatic N) is 1. The predicted octanol–water partition coefficient (Wildman–Crippen LogP) is 5.14. The zero-order valence-electron chi connectivity index (χ0n) is 17.1. The fourth-order valence-corrected chi connectivity index (χ4v) is 3.07. The highest BCUT2D eigenvalue weighted by atomic mass is 35.5. The summed E-state index contributed by atoms with van der Waals surface area (Å²) < 4.78 is 5.28. The minimum atomic E-state index is -0.623. The van der Waals surface area contributed by atoms with Gasteiger partial charge in [-0.1, -0.05) is 29.8 Å². The van der Waals surface area contributed by atoms with E-state index in [0.717, 1.165) is 16.3 Å². The van der Waals surface area contributed by atoms with E-state index in [-0.39, 0.29) is 12.5 Å². The van der Waals surface area contributed by atoms with Gasteiger partial charge in [0.2, 0.25) is 5.91 Å². The molecule has 0 saturated carbocycles. The molecule has 0 aliphatic heterocycles. The molecule has 156 valence electrons. The monoisotopic (exact) mass is 425 g/mol. The Bertz CT molecular complexity index is 1050. The summed E-state index contributed by atoms with van der Waals surface area (Å²) in [6.45, 7) is 5.43. The Balaban J connectivity index is 1.78. The second kappa shape index (κ2) is 9.13. The number of amides is 2. The molecule has 3 aromatic rings. The fraction of sp³-hybridized carbons (Fsp3) is 0.261. The van der Waals surface area contributed by atoms with Gasteiger partial charge in [-0.25, -0.2) is 4.79 Å². The molecule has 1 unspecified atom stereocenters. The average Bonchev–Trinajstić information content (AvgIpc) is 2.68. The third-order valence-electron chi connectivity index (χ3n) is 4.35. The van der Waals surface area contributed by atoms with Crippen molar-refractivity contribution in [1.29, 1.82) is 0 Å². The van der Waals surface area contributed by atoms with Crippen LogP contribution in [0.3, 0.4) is 0 Å². The zero-order valence-corrected chi connectivity index (χ0v) is 17.9. The first kappa shape index (κ1) is 21.6. The lowest BCUT2D eigenvalue weighted by Gasteiger charge is -2.22. The predicted molar refractivity (Wildman–Crippen MR) is 119 cm³/mol. The number of halogens is 1. The average molecular weight is 426 g/mol. The van der Waals surface area contributed by atoms with Crippen molar-refractivity contribution >= 4 is 40.1 Å². The molecule has 2 amide bonds. The number of pyridine rings is 1. The molecule has 0 spiro atoms. The number of benzene rings is 2. The lowest BCUT2D eigenvalue weighted by molar-refractivity contribution is -0.117. The molecule has 1 heterocycles. The van der Waals surface area contributed by atoms with E-state index in [4.69, 9.17) is 16.3 Å². The molecule has 3 rings (SSSR count). The lowest BCUT2D eigenvalue weighted by atomic mass is 9.98. The van der Waals surface area contributed by atoms with E-state index < -0.39 is 17.6 Å². The highest BCUT2D eigenvalue weighted by molar-refractivity contribution is 6.30. The zero-order chi connectivity index (χ0) is 21.7. The summed E-state index contributed by atoms with van der Waals surface area (Å²) in [5.74, 6) is -0.871. The largest absolute Gasteiger partial charge is 0.444 e. The molecule has 7 heteroatoms. The molecular weight excluding hydrogens is 402 g/mol. The van der Waals surface area contributed by atoms with Crippen molar-refractivity contribution in [3.63, 3.8) is 0 Å². The quantitative estimate of drug-likeness (QED) is 0.593. The van der Waals surface area contributed by atoms with E-state index in [9.17, 15) is 9.59 Å². The third kappa shape index (κ3) is 5.94. The third-order valence-corrected chi connectivity index (χ3v) is 4.60. The summed E-state index contributed by atoms with van der Waals surface area (Å²) >= 11 is 5.99. The van der Waals surface area contributed by atoms with Crippen LogP contribution in [0.4, 0.5) is 10.5 Å². The van der Waals surface area contributed by atoms with Gasteiger partial charge in [-0.2, -0.15) is 0 Å². The van der Waals surface area contributed by atoms with Crippen LogP contribution in [0.5, 0.6) is 0 Å². The summed E-state index contributed by atoms with van der Waals surface area (Å²) in [6.07, 6.45) is 2.89. The van der Waals surface area contributed by atoms with E-state index in [1.54, 1.807) is 57.4 Å². The number of carbonyl (C=O) groups is 2. The lowest BCUT2D eigenvalue weighted by Crippen LogP contribution is -2.37. The maximum atomic E-state index is 13.1. The van der Waals surface area contributed by atoms with Gasteiger partial charge in [0.15, 0.2) is 0 Å². The highest BCUT2D eigenvalue weighted by Crippen LogP contribution is 2.23. The second-order valence-corrected chi connectivity index (χ2v) is 8.35. The summed E-state index contributed by atoms with van der Waals surface area (Å²) in [7, 11) is 0. The molecule has 1 atom stereocenters. The SMILES string of the molecule is CC(C)(C)OC(=O)NCC(C(=O)Nc1ccc2cnccc2c1)c1ccc(Cl)cc1. The van der Waals surface area contributed by atoms with E-state index in [1.165, 1.54) is 0 Å². The van der Waals surface area contributed by atoms with Crippen molar-refractivity contribution < 1.29 is 14.3 Å². The smallest absolute Gasteiger partial charge is 0.407 e. The molecule has 0 radical (unpaired) electrons. The second-order valence-electron chi connectivity index (χ2n) is 7.91. The van der Waals surface area contributed by atoms with E-state index in [0.29, 0.717) is 10.7 Å². The number of carbonyl (C=O) groups excluding carboxylic acids is 2. The summed E-state index contributed by atoms with van der Waals surface area (Å²) in [5, 5.41) is 8.14. The Morgan fingerprint density at radius 3 is 2.50 bits per heavy atom. The first-order valence-corrected chi connectivity index (χ1v) is 9.96. The summed E-state index contributed by atoms with van der Waals surface area (Å²) in [6, 6.07) is 14.5. The van der Waals surface area contributed by atoms with Crippen LogP contribution >= 0.6 is 11.6 Å². The Morgan fingerprint density at radius 2 is 1.80 bits per heavy atom. The topological polar surface area (TPSA) is 80.3 Å². The number of aromatic nitrogens is 1. The number of anilines is 1. The molecule has 2 N–H and O–H groups in total. The van der Waals surface area contributed by atoms with Crippen LogP contribution in [0.2, 0.25) is 5.02 Å². The van der Waals surface area contributed by atoms with Crippen LogP contribution in [0.15, 0.2) is 60.9 Å². The van der Waals surface area contributed by atoms with E-state index in [1.807, 2.05) is 24.3 Å². The Kier molecular flexibility index (Phi) is 6.57. The molecule has 0 aliphatic carbocycles. The molecule has 30 heavy (non-hydrogen) atoms.